The second kappa shape index (κ2) is 14.6. The number of nitrogens with zero attached hydrogens (tertiary/aromatic N) is 8. The Balaban J connectivity index is 0.786. The number of carbonyl (C=O) groups is 5. The molecule has 1 atom stereocenters. The topological polar surface area (TPSA) is 173 Å². The third kappa shape index (κ3) is 6.75. The van der Waals surface area contributed by atoms with E-state index in [4.69, 9.17) is 16.6 Å². The van der Waals surface area contributed by atoms with E-state index in [-0.39, 0.29) is 29.9 Å². The molecule has 7 heterocycles. The van der Waals surface area contributed by atoms with Gasteiger partial charge in [-0.05, 0) is 67.6 Å². The summed E-state index contributed by atoms with van der Waals surface area (Å²) in [6.07, 6.45) is 4.24. The molecule has 4 aromatic rings. The minimum Gasteiger partial charge on any atom is -0.371 e. The predicted molar refractivity (Wildman–Crippen MR) is 213 cm³/mol. The third-order valence-corrected chi connectivity index (χ3v) is 12.2. The molecule has 5 aliphatic heterocycles. The Bertz CT molecular complexity index is 2420. The summed E-state index contributed by atoms with van der Waals surface area (Å²) >= 11 is 6.56. The second-order valence-electron chi connectivity index (χ2n) is 15.3. The lowest BCUT2D eigenvalue weighted by molar-refractivity contribution is -0.136. The number of halogens is 1. The number of carbonyl (C=O) groups excluding carboxylic acids is 5. The highest BCUT2D eigenvalue weighted by Crippen LogP contribution is 2.33. The van der Waals surface area contributed by atoms with Crippen LogP contribution in [0, 0.1) is 5.92 Å². The van der Waals surface area contributed by atoms with Gasteiger partial charge in [0.25, 0.3) is 17.4 Å². The molecule has 0 spiro atoms. The van der Waals surface area contributed by atoms with E-state index in [1.165, 1.54) is 4.90 Å². The molecule has 0 saturated carbocycles. The molecule has 17 heteroatoms. The van der Waals surface area contributed by atoms with Gasteiger partial charge in [-0.1, -0.05) is 11.6 Å². The van der Waals surface area contributed by atoms with Crippen molar-refractivity contribution in [3.8, 4) is 0 Å². The van der Waals surface area contributed by atoms with Gasteiger partial charge in [-0.15, -0.1) is 0 Å². The fourth-order valence-electron chi connectivity index (χ4n) is 8.57. The first-order valence-corrected chi connectivity index (χ1v) is 19.7. The van der Waals surface area contributed by atoms with Crippen LogP contribution in [0.25, 0.3) is 10.9 Å². The Morgan fingerprint density at radius 1 is 0.825 bits per heavy atom. The van der Waals surface area contributed by atoms with Gasteiger partial charge in [-0.3, -0.25) is 43.9 Å². The van der Waals surface area contributed by atoms with Crippen LogP contribution in [-0.4, -0.2) is 112 Å². The molecule has 0 aliphatic carbocycles. The van der Waals surface area contributed by atoms with Crippen LogP contribution in [-0.2, 0) is 21.4 Å². The van der Waals surface area contributed by atoms with Crippen LogP contribution < -0.4 is 30.9 Å². The van der Waals surface area contributed by atoms with Gasteiger partial charge in [0.2, 0.25) is 23.7 Å². The molecule has 4 saturated heterocycles. The number of anilines is 5. The lowest BCUT2D eigenvalue weighted by atomic mass is 9.95. The molecule has 2 aromatic heterocycles. The number of nitrogens with one attached hydrogen (secondary N) is 2. The van der Waals surface area contributed by atoms with Crippen LogP contribution in [0.4, 0.5) is 28.8 Å². The van der Waals surface area contributed by atoms with E-state index in [9.17, 15) is 28.8 Å². The van der Waals surface area contributed by atoms with Crippen molar-refractivity contribution >= 4 is 80.9 Å². The molecule has 294 valence electrons. The average molecular weight is 793 g/mol. The molecular weight excluding hydrogens is 752 g/mol. The van der Waals surface area contributed by atoms with Gasteiger partial charge in [0.05, 0.1) is 22.8 Å². The van der Waals surface area contributed by atoms with E-state index in [1.807, 2.05) is 24.3 Å². The zero-order chi connectivity index (χ0) is 39.5. The summed E-state index contributed by atoms with van der Waals surface area (Å²) in [7, 11) is 1.71. The molecule has 2 N–H and O–H groups in total. The molecule has 2 aromatic carbocycles. The summed E-state index contributed by atoms with van der Waals surface area (Å²) in [5, 5.41) is 6.75. The van der Waals surface area contributed by atoms with Crippen LogP contribution in [0.15, 0.2) is 53.5 Å². The molecule has 5 aliphatic rings. The zero-order valence-electron chi connectivity index (χ0n) is 31.4. The standard InChI is InChI=1S/C40H41ClN10O6/c1-46-30-5-2-25(18-24(30)19-32(39(46)57)50-13-10-34(50)53)43-35-29(41)21-42-40(45-35)49-16-14-47(15-17-49)22-23-8-11-48(12-9-23)26-3-4-27-28(20-26)38(56)51(37(27)55)31-6-7-33(52)44-36(31)54/h2-5,18-21,23,31H,6-17,22H2,1H3,(H,42,43,45)(H,44,52,54). The predicted octanol–water partition coefficient (Wildman–Crippen LogP) is 2.90. The number of amides is 5. The van der Waals surface area contributed by atoms with Crippen LogP contribution in [0.2, 0.25) is 5.02 Å². The van der Waals surface area contributed by atoms with Gasteiger partial charge < -0.3 is 24.6 Å². The SMILES string of the molecule is Cn1c(=O)c(N2CCC2=O)cc2cc(Nc3nc(N4CCN(CC5CCN(c6ccc7c(c6)C(=O)N(C6CCC(=O)NC6=O)C7=O)CC5)CC4)ncc3Cl)ccc21. The number of imide groups is 2. The molecule has 0 radical (unpaired) electrons. The molecule has 9 rings (SSSR count). The highest BCUT2D eigenvalue weighted by Gasteiger charge is 2.45. The van der Waals surface area contributed by atoms with Crippen molar-refractivity contribution < 1.29 is 24.0 Å². The van der Waals surface area contributed by atoms with E-state index in [2.05, 4.69) is 30.3 Å². The summed E-state index contributed by atoms with van der Waals surface area (Å²) in [4.78, 5) is 94.3. The summed E-state index contributed by atoms with van der Waals surface area (Å²) in [5.74, 6) is -0.474. The Morgan fingerprint density at radius 3 is 2.32 bits per heavy atom. The number of β-lactam (4-membered cyclic amide) rings is 1. The fourth-order valence-corrected chi connectivity index (χ4v) is 8.70. The van der Waals surface area contributed by atoms with Gasteiger partial charge in [0, 0.05) is 89.0 Å². The molecule has 16 nitrogen and oxygen atoms in total. The fraction of sp³-hybridized carbons (Fsp3) is 0.400. The van der Waals surface area contributed by atoms with E-state index in [0.717, 1.165) is 85.8 Å². The van der Waals surface area contributed by atoms with Crippen molar-refractivity contribution in [1.82, 2.24) is 29.7 Å². The Hall–Kier alpha value is -5.87. The number of aromatic nitrogens is 3. The molecule has 57 heavy (non-hydrogen) atoms. The minimum absolute atomic E-state index is 0.0554. The minimum atomic E-state index is -0.981. The van der Waals surface area contributed by atoms with Crippen molar-refractivity contribution in [2.75, 3.05) is 72.4 Å². The number of benzene rings is 2. The number of aryl methyl sites for hydroxylation is 1. The first-order chi connectivity index (χ1) is 27.5. The molecular formula is C40H41ClN10O6. The number of hydrogen-bond acceptors (Lipinski definition) is 12. The summed E-state index contributed by atoms with van der Waals surface area (Å²) in [6, 6.07) is 11.7. The lowest BCUT2D eigenvalue weighted by Gasteiger charge is -2.39. The molecule has 0 bridgehead atoms. The van der Waals surface area contributed by atoms with E-state index in [1.54, 1.807) is 36.0 Å². The van der Waals surface area contributed by atoms with Crippen LogP contribution >= 0.6 is 11.6 Å². The Labute approximate surface area is 332 Å². The smallest absolute Gasteiger partial charge is 0.274 e. The van der Waals surface area contributed by atoms with Gasteiger partial charge in [-0.2, -0.15) is 4.98 Å². The molecule has 4 fully saturated rings. The molecule has 1 unspecified atom stereocenters. The van der Waals surface area contributed by atoms with Crippen LogP contribution in [0.5, 0.6) is 0 Å². The van der Waals surface area contributed by atoms with Crippen molar-refractivity contribution in [1.29, 1.82) is 0 Å². The first kappa shape index (κ1) is 36.7. The largest absolute Gasteiger partial charge is 0.371 e. The van der Waals surface area contributed by atoms with Crippen molar-refractivity contribution in [3.05, 3.63) is 75.2 Å². The van der Waals surface area contributed by atoms with E-state index in [0.29, 0.717) is 46.9 Å². The quantitative estimate of drug-likeness (QED) is 0.198. The van der Waals surface area contributed by atoms with Gasteiger partial charge in [0.15, 0.2) is 5.82 Å². The highest BCUT2D eigenvalue weighted by atomic mass is 35.5. The second-order valence-corrected chi connectivity index (χ2v) is 15.8. The van der Waals surface area contributed by atoms with Gasteiger partial charge in [-0.25, -0.2) is 4.98 Å². The van der Waals surface area contributed by atoms with Crippen LogP contribution in [0.1, 0.15) is 52.8 Å². The maximum Gasteiger partial charge on any atom is 0.274 e. The van der Waals surface area contributed by atoms with Crippen molar-refractivity contribution in [3.63, 3.8) is 0 Å². The number of pyridine rings is 1. The monoisotopic (exact) mass is 792 g/mol. The maximum atomic E-state index is 13.3. The highest BCUT2D eigenvalue weighted by molar-refractivity contribution is 6.33. The Morgan fingerprint density at radius 2 is 1.60 bits per heavy atom. The number of hydrogen-bond donors (Lipinski definition) is 2. The van der Waals surface area contributed by atoms with Crippen LogP contribution in [0.3, 0.4) is 0 Å². The average Bonchev–Trinajstić information content (AvgIpc) is 3.45. The lowest BCUT2D eigenvalue weighted by Crippen LogP contribution is -2.54. The van der Waals surface area contributed by atoms with E-state index >= 15 is 0 Å². The number of rotatable bonds is 8. The number of piperidine rings is 2. The third-order valence-electron chi connectivity index (χ3n) is 11.9. The Kier molecular flexibility index (Phi) is 9.39. The number of fused-ring (bicyclic) bond motifs is 2. The summed E-state index contributed by atoms with van der Waals surface area (Å²) in [5.41, 5.74) is 3.12. The van der Waals surface area contributed by atoms with E-state index < -0.39 is 29.7 Å². The van der Waals surface area contributed by atoms with Crippen molar-refractivity contribution in [2.24, 2.45) is 13.0 Å². The van der Waals surface area contributed by atoms with Gasteiger partial charge in [0.1, 0.15) is 16.8 Å². The summed E-state index contributed by atoms with van der Waals surface area (Å²) in [6.45, 7) is 6.43. The first-order valence-electron chi connectivity index (χ1n) is 19.3. The molecule has 5 amide bonds. The maximum absolute atomic E-state index is 13.3. The normalized spacial score (nSPS) is 20.7. The van der Waals surface area contributed by atoms with Gasteiger partial charge >= 0.3 is 0 Å². The number of piperazine rings is 1. The zero-order valence-corrected chi connectivity index (χ0v) is 32.1. The summed E-state index contributed by atoms with van der Waals surface area (Å²) < 4.78 is 1.56. The van der Waals surface area contributed by atoms with Crippen molar-refractivity contribution in [2.45, 2.75) is 38.1 Å².